The van der Waals surface area contributed by atoms with E-state index in [-0.39, 0.29) is 18.1 Å². The minimum Gasteiger partial charge on any atom is -0.429 e. The van der Waals surface area contributed by atoms with Gasteiger partial charge in [-0.2, -0.15) is 0 Å². The largest absolute Gasteiger partial charge is 0.429 e. The van der Waals surface area contributed by atoms with Crippen molar-refractivity contribution >= 4 is 29.2 Å². The van der Waals surface area contributed by atoms with E-state index in [1.807, 2.05) is 0 Å². The molecule has 0 spiro atoms. The summed E-state index contributed by atoms with van der Waals surface area (Å²) in [5.74, 6) is -0.0876. The molecule has 0 radical (unpaired) electrons. The number of amides is 1. The molecule has 6 heteroatoms. The van der Waals surface area contributed by atoms with E-state index in [0.717, 1.165) is 24.8 Å². The number of rotatable bonds is 2. The molecular formula is C14H14N2O3S. The van der Waals surface area contributed by atoms with Gasteiger partial charge in [-0.25, -0.2) is 0 Å². The van der Waals surface area contributed by atoms with Gasteiger partial charge in [-0.3, -0.25) is 4.79 Å². The smallest absolute Gasteiger partial charge is 0.266 e. The average molecular weight is 290 g/mol. The lowest BCUT2D eigenvalue weighted by molar-refractivity contribution is 0.0841. The summed E-state index contributed by atoms with van der Waals surface area (Å²) in [7, 11) is 0. The van der Waals surface area contributed by atoms with E-state index >= 15 is 0 Å². The molecule has 5 nitrogen and oxygen atoms in total. The maximum absolute atomic E-state index is 12.3. The van der Waals surface area contributed by atoms with Crippen LogP contribution >= 0.6 is 12.2 Å². The fraction of sp³-hybridized carbons (Fsp3) is 0.429. The van der Waals surface area contributed by atoms with Crippen LogP contribution in [0.2, 0.25) is 0 Å². The molecule has 1 amide bonds. The van der Waals surface area contributed by atoms with Gasteiger partial charge in [0.05, 0.1) is 23.8 Å². The minimum absolute atomic E-state index is 0.0876. The Labute approximate surface area is 120 Å². The maximum atomic E-state index is 12.3. The fourth-order valence-corrected chi connectivity index (χ4v) is 3.33. The highest BCUT2D eigenvalue weighted by molar-refractivity contribution is 7.71. The summed E-state index contributed by atoms with van der Waals surface area (Å²) in [5, 5.41) is 3.06. The number of carbonyl (C=O) groups is 1. The lowest BCUT2D eigenvalue weighted by Gasteiger charge is -2.19. The molecule has 0 unspecified atom stereocenters. The Kier molecular flexibility index (Phi) is 2.68. The summed E-state index contributed by atoms with van der Waals surface area (Å²) in [6, 6.07) is 5.42. The molecule has 1 aromatic heterocycles. The zero-order valence-corrected chi connectivity index (χ0v) is 11.5. The van der Waals surface area contributed by atoms with Crippen molar-refractivity contribution in [1.82, 2.24) is 10.3 Å². The van der Waals surface area contributed by atoms with E-state index in [4.69, 9.17) is 21.4 Å². The Bertz CT molecular complexity index is 735. The number of aromatic nitrogens is 1. The molecule has 2 N–H and O–H groups in total. The molecule has 2 saturated heterocycles. The third kappa shape index (κ3) is 1.96. The molecule has 2 bridgehead atoms. The quantitative estimate of drug-likeness (QED) is 0.834. The topological polar surface area (TPSA) is 67.3 Å². The summed E-state index contributed by atoms with van der Waals surface area (Å²) in [6.45, 7) is 0. The number of hydrogen-bond donors (Lipinski definition) is 2. The molecule has 2 aromatic rings. The highest BCUT2D eigenvalue weighted by atomic mass is 32.1. The second-order valence-electron chi connectivity index (χ2n) is 5.42. The zero-order valence-electron chi connectivity index (χ0n) is 10.7. The first-order valence-corrected chi connectivity index (χ1v) is 7.19. The van der Waals surface area contributed by atoms with Gasteiger partial charge in [0.25, 0.3) is 10.7 Å². The number of carbonyl (C=O) groups excluding carboxylic acids is 1. The van der Waals surface area contributed by atoms with Gasteiger partial charge in [0.1, 0.15) is 0 Å². The summed E-state index contributed by atoms with van der Waals surface area (Å²) in [4.78, 5) is 15.5. The number of ether oxygens (including phenoxy) is 1. The second kappa shape index (κ2) is 4.43. The van der Waals surface area contributed by atoms with Gasteiger partial charge in [0, 0.05) is 5.56 Å². The molecule has 0 saturated carbocycles. The van der Waals surface area contributed by atoms with Crippen molar-refractivity contribution in [2.24, 2.45) is 0 Å². The average Bonchev–Trinajstić information content (AvgIpc) is 3.10. The van der Waals surface area contributed by atoms with Gasteiger partial charge >= 0.3 is 0 Å². The first kappa shape index (κ1) is 12.1. The second-order valence-corrected chi connectivity index (χ2v) is 5.79. The minimum atomic E-state index is -0.0876. The molecular weight excluding hydrogens is 276 g/mol. The van der Waals surface area contributed by atoms with Gasteiger partial charge in [-0.15, -0.1) is 0 Å². The van der Waals surface area contributed by atoms with E-state index in [1.165, 1.54) is 0 Å². The lowest BCUT2D eigenvalue weighted by atomic mass is 9.95. The van der Waals surface area contributed by atoms with Crippen molar-refractivity contribution in [1.29, 1.82) is 0 Å². The number of hydrogen-bond acceptors (Lipinski definition) is 4. The van der Waals surface area contributed by atoms with Gasteiger partial charge < -0.3 is 19.5 Å². The van der Waals surface area contributed by atoms with E-state index in [0.29, 0.717) is 22.1 Å². The van der Waals surface area contributed by atoms with Crippen molar-refractivity contribution in [3.8, 4) is 0 Å². The van der Waals surface area contributed by atoms with Gasteiger partial charge in [-0.05, 0) is 49.7 Å². The van der Waals surface area contributed by atoms with Crippen LogP contribution in [0.3, 0.4) is 0 Å². The van der Waals surface area contributed by atoms with Crippen LogP contribution in [0, 0.1) is 4.84 Å². The number of oxazole rings is 1. The predicted molar refractivity (Wildman–Crippen MR) is 75.2 cm³/mol. The molecule has 4 rings (SSSR count). The van der Waals surface area contributed by atoms with E-state index in [1.54, 1.807) is 18.2 Å². The van der Waals surface area contributed by atoms with Crippen molar-refractivity contribution in [2.45, 2.75) is 37.5 Å². The SMILES string of the molecule is O=C(N[C@H]1C[C@H]2CC[C@H]1O2)c1ccc2[nH]c(=S)oc2c1. The van der Waals surface area contributed by atoms with Crippen molar-refractivity contribution < 1.29 is 13.9 Å². The fourth-order valence-electron chi connectivity index (χ4n) is 3.13. The normalized spacial score (nSPS) is 28.1. The van der Waals surface area contributed by atoms with Crippen LogP contribution < -0.4 is 5.32 Å². The van der Waals surface area contributed by atoms with E-state index < -0.39 is 0 Å². The lowest BCUT2D eigenvalue weighted by Crippen LogP contribution is -2.41. The number of aromatic amines is 1. The number of benzene rings is 1. The van der Waals surface area contributed by atoms with Crippen molar-refractivity contribution in [3.63, 3.8) is 0 Å². The molecule has 0 aliphatic carbocycles. The van der Waals surface area contributed by atoms with E-state index in [9.17, 15) is 4.79 Å². The summed E-state index contributed by atoms with van der Waals surface area (Å²) in [5.41, 5.74) is 1.99. The molecule has 3 heterocycles. The highest BCUT2D eigenvalue weighted by Crippen LogP contribution is 2.34. The Morgan fingerprint density at radius 3 is 3.05 bits per heavy atom. The van der Waals surface area contributed by atoms with Gasteiger partial charge in [0.15, 0.2) is 5.58 Å². The molecule has 1 aromatic carbocycles. The van der Waals surface area contributed by atoms with Crippen LogP contribution in [0.25, 0.3) is 11.1 Å². The maximum Gasteiger partial charge on any atom is 0.266 e. The molecule has 3 atom stereocenters. The van der Waals surface area contributed by atoms with Crippen LogP contribution in [0.1, 0.15) is 29.6 Å². The predicted octanol–water partition coefficient (Wildman–Crippen LogP) is 2.54. The number of H-pyrrole nitrogens is 1. The monoisotopic (exact) mass is 290 g/mol. The Morgan fingerprint density at radius 1 is 1.40 bits per heavy atom. The third-order valence-electron chi connectivity index (χ3n) is 4.11. The van der Waals surface area contributed by atoms with Crippen LogP contribution in [0.4, 0.5) is 0 Å². The molecule has 104 valence electrons. The van der Waals surface area contributed by atoms with Crippen LogP contribution in [-0.4, -0.2) is 29.1 Å². The van der Waals surface area contributed by atoms with Gasteiger partial charge in [-0.1, -0.05) is 0 Å². The van der Waals surface area contributed by atoms with Crippen molar-refractivity contribution in [3.05, 3.63) is 28.6 Å². The highest BCUT2D eigenvalue weighted by Gasteiger charge is 2.41. The standard InChI is InChI=1S/C14H14N2O3S/c17-13(15-10-6-8-2-4-11(10)18-8)7-1-3-9-12(5-7)19-14(20)16-9/h1,3,5,8,10-11H,2,4,6H2,(H,15,17)(H,16,20)/t8-,10+,11-/m1/s1. The van der Waals surface area contributed by atoms with Crippen LogP contribution in [0.5, 0.6) is 0 Å². The summed E-state index contributed by atoms with van der Waals surface area (Å²) in [6.07, 6.45) is 3.59. The Hall–Kier alpha value is -1.66. The number of fused-ring (bicyclic) bond motifs is 3. The third-order valence-corrected chi connectivity index (χ3v) is 4.29. The first-order chi connectivity index (χ1) is 9.69. The zero-order chi connectivity index (χ0) is 13.7. The molecule has 20 heavy (non-hydrogen) atoms. The van der Waals surface area contributed by atoms with Gasteiger partial charge in [0.2, 0.25) is 0 Å². The summed E-state index contributed by atoms with van der Waals surface area (Å²) < 4.78 is 11.1. The Morgan fingerprint density at radius 2 is 2.30 bits per heavy atom. The number of nitrogens with one attached hydrogen (secondary N) is 2. The van der Waals surface area contributed by atoms with Crippen LogP contribution in [-0.2, 0) is 4.74 Å². The van der Waals surface area contributed by atoms with E-state index in [2.05, 4.69) is 10.3 Å². The Balaban J connectivity index is 1.56. The van der Waals surface area contributed by atoms with Crippen molar-refractivity contribution in [2.75, 3.05) is 0 Å². The first-order valence-electron chi connectivity index (χ1n) is 6.78. The molecule has 2 fully saturated rings. The summed E-state index contributed by atoms with van der Waals surface area (Å²) >= 11 is 4.93. The van der Waals surface area contributed by atoms with Crippen LogP contribution in [0.15, 0.2) is 22.6 Å². The molecule has 2 aliphatic rings. The molecule has 2 aliphatic heterocycles.